The van der Waals surface area contributed by atoms with Crippen LogP contribution in [0.2, 0.25) is 18.1 Å². The number of halogens is 3. The number of ether oxygens (including phenoxy) is 2. The maximum absolute atomic E-state index is 14.5. The van der Waals surface area contributed by atoms with E-state index in [1.807, 2.05) is 33.9 Å². The van der Waals surface area contributed by atoms with Crippen LogP contribution in [-0.4, -0.2) is 56.8 Å². The number of rotatable bonds is 9. The van der Waals surface area contributed by atoms with Crippen molar-refractivity contribution in [3.8, 4) is 0 Å². The lowest BCUT2D eigenvalue weighted by Crippen LogP contribution is -2.53. The summed E-state index contributed by atoms with van der Waals surface area (Å²) < 4.78 is 60.0. The number of methoxy groups -OCH3 is 1. The minimum Gasteiger partial charge on any atom is -0.453 e. The van der Waals surface area contributed by atoms with E-state index in [0.717, 1.165) is 19.2 Å². The van der Waals surface area contributed by atoms with E-state index >= 15 is 0 Å². The van der Waals surface area contributed by atoms with Gasteiger partial charge in [0.05, 0.1) is 6.61 Å². The molecule has 0 saturated heterocycles. The van der Waals surface area contributed by atoms with Crippen molar-refractivity contribution in [3.05, 3.63) is 59.7 Å². The molecule has 6 nitrogen and oxygen atoms in total. The van der Waals surface area contributed by atoms with E-state index in [0.29, 0.717) is 5.57 Å². The monoisotopic (exact) mass is 570 g/mol. The molecule has 0 radical (unpaired) electrons. The molecule has 0 heterocycles. The molecule has 0 fully saturated rings. The molecule has 0 bridgehead atoms. The molecule has 218 valence electrons. The Balaban J connectivity index is 2.55. The Labute approximate surface area is 230 Å². The molecule has 0 spiro atoms. The van der Waals surface area contributed by atoms with Gasteiger partial charge < -0.3 is 19.0 Å². The van der Waals surface area contributed by atoms with E-state index in [1.165, 1.54) is 36.4 Å². The largest absolute Gasteiger partial charge is 0.453 e. The van der Waals surface area contributed by atoms with Crippen LogP contribution in [0.5, 0.6) is 0 Å². The molecule has 2 rings (SSSR count). The summed E-state index contributed by atoms with van der Waals surface area (Å²) in [5.74, 6) is -1.80. The van der Waals surface area contributed by atoms with Crippen LogP contribution in [0.1, 0.15) is 53.5 Å². The Kier molecular flexibility index (Phi) is 9.55. The number of carbonyl (C=O) groups excluding carboxylic acids is 2. The molecule has 1 aliphatic carbocycles. The third-order valence-electron chi connectivity index (χ3n) is 8.02. The molecule has 39 heavy (non-hydrogen) atoms. The van der Waals surface area contributed by atoms with Gasteiger partial charge in [0.15, 0.2) is 14.1 Å². The number of esters is 1. The van der Waals surface area contributed by atoms with Crippen molar-refractivity contribution in [2.45, 2.75) is 89.6 Å². The van der Waals surface area contributed by atoms with Crippen molar-refractivity contribution in [2.24, 2.45) is 5.41 Å². The van der Waals surface area contributed by atoms with E-state index in [2.05, 4.69) is 0 Å². The molecule has 1 aromatic rings. The van der Waals surface area contributed by atoms with Crippen molar-refractivity contribution in [1.82, 2.24) is 0 Å². The minimum atomic E-state index is -5.14. The summed E-state index contributed by atoms with van der Waals surface area (Å²) in [6.45, 7) is 14.7. The van der Waals surface area contributed by atoms with Crippen molar-refractivity contribution in [1.29, 1.82) is 0 Å². The smallest absolute Gasteiger partial charge is 0.432 e. The van der Waals surface area contributed by atoms with Crippen molar-refractivity contribution >= 4 is 20.1 Å². The van der Waals surface area contributed by atoms with Gasteiger partial charge in [-0.3, -0.25) is 4.79 Å². The Morgan fingerprint density at radius 3 is 2.18 bits per heavy atom. The van der Waals surface area contributed by atoms with Crippen LogP contribution < -0.4 is 0 Å². The SMILES string of the molecule is CO[C@@](C(=O)O[C@@H](/C=C/[C@@]1(O)C(C)=CC(=O)CC1(C)C)CO[Si](C)(C)C(C)(C)C)(c1ccccc1)C(F)(F)F. The Morgan fingerprint density at radius 1 is 1.15 bits per heavy atom. The molecule has 0 amide bonds. The molecule has 1 aliphatic rings. The maximum Gasteiger partial charge on any atom is 0.432 e. The van der Waals surface area contributed by atoms with Crippen LogP contribution in [0.15, 0.2) is 54.1 Å². The first kappa shape index (κ1) is 32.9. The van der Waals surface area contributed by atoms with Gasteiger partial charge >= 0.3 is 12.1 Å². The van der Waals surface area contributed by atoms with E-state index in [1.54, 1.807) is 20.8 Å². The molecule has 0 aliphatic heterocycles. The van der Waals surface area contributed by atoms with Crippen molar-refractivity contribution in [2.75, 3.05) is 13.7 Å². The fraction of sp³-hybridized carbons (Fsp3) is 0.586. The normalized spacial score (nSPS) is 22.8. The first-order valence-electron chi connectivity index (χ1n) is 12.8. The summed E-state index contributed by atoms with van der Waals surface area (Å²) >= 11 is 0. The Morgan fingerprint density at radius 2 is 1.72 bits per heavy atom. The first-order valence-corrected chi connectivity index (χ1v) is 15.7. The second-order valence-corrected chi connectivity index (χ2v) is 17.1. The number of carbonyl (C=O) groups is 2. The van der Waals surface area contributed by atoms with Gasteiger partial charge in [-0.2, -0.15) is 13.2 Å². The number of hydrogen-bond acceptors (Lipinski definition) is 6. The minimum absolute atomic E-state index is 0.0605. The summed E-state index contributed by atoms with van der Waals surface area (Å²) in [6, 6.07) is 6.56. The highest BCUT2D eigenvalue weighted by Gasteiger charge is 2.64. The summed E-state index contributed by atoms with van der Waals surface area (Å²) in [4.78, 5) is 25.5. The van der Waals surface area contributed by atoms with Crippen molar-refractivity contribution in [3.63, 3.8) is 0 Å². The first-order chi connectivity index (χ1) is 17.6. The van der Waals surface area contributed by atoms with Gasteiger partial charge in [0.1, 0.15) is 11.7 Å². The number of aliphatic hydroxyl groups is 1. The molecule has 0 aromatic heterocycles. The fourth-order valence-electron chi connectivity index (χ4n) is 4.35. The van der Waals surface area contributed by atoms with E-state index in [9.17, 15) is 27.9 Å². The molecule has 1 N–H and O–H groups in total. The maximum atomic E-state index is 14.5. The Bertz CT molecular complexity index is 1100. The summed E-state index contributed by atoms with van der Waals surface area (Å²) in [7, 11) is -1.61. The summed E-state index contributed by atoms with van der Waals surface area (Å²) in [5, 5.41) is 11.3. The topological polar surface area (TPSA) is 82.1 Å². The highest BCUT2D eigenvalue weighted by molar-refractivity contribution is 6.74. The second-order valence-electron chi connectivity index (χ2n) is 12.2. The van der Waals surface area contributed by atoms with Crippen molar-refractivity contribution < 1.29 is 41.8 Å². The quantitative estimate of drug-likeness (QED) is 0.215. The van der Waals surface area contributed by atoms with E-state index < -0.39 is 48.7 Å². The van der Waals surface area contributed by atoms with Crippen LogP contribution in [0.25, 0.3) is 0 Å². The summed E-state index contributed by atoms with van der Waals surface area (Å²) in [6.07, 6.45) is -2.32. The average molecular weight is 571 g/mol. The zero-order valence-electron chi connectivity index (χ0n) is 24.2. The Hall–Kier alpha value is -2.27. The molecule has 0 saturated carbocycles. The molecule has 0 unspecified atom stereocenters. The van der Waals surface area contributed by atoms with Gasteiger partial charge in [-0.25, -0.2) is 4.79 Å². The number of allylic oxidation sites excluding steroid dienone is 1. The molecule has 1 aromatic carbocycles. The predicted octanol–water partition coefficient (Wildman–Crippen LogP) is 6.26. The lowest BCUT2D eigenvalue weighted by Gasteiger charge is -2.44. The van der Waals surface area contributed by atoms with Gasteiger partial charge in [0, 0.05) is 24.5 Å². The van der Waals surface area contributed by atoms with Gasteiger partial charge in [0.2, 0.25) is 0 Å². The second kappa shape index (κ2) is 11.3. The molecule has 10 heteroatoms. The van der Waals surface area contributed by atoms with Gasteiger partial charge in [-0.15, -0.1) is 0 Å². The van der Waals surface area contributed by atoms with Crippen LogP contribution in [0.3, 0.4) is 0 Å². The van der Waals surface area contributed by atoms with Gasteiger partial charge in [-0.1, -0.05) is 65.0 Å². The third-order valence-corrected chi connectivity index (χ3v) is 12.5. The standard InChI is InChI=1S/C29H41F3O6Si/c1-20-17-22(33)18-26(5,6)27(20,35)16-15-23(19-37-39(8,9)25(2,3)4)38-24(34)28(36-7,29(30,31)32)21-13-11-10-12-14-21/h10-17,23,35H,18-19H2,1-9H3/b16-15+/t23-,27+,28+/m0/s1. The molecule has 3 atom stereocenters. The van der Waals surface area contributed by atoms with Crippen LogP contribution >= 0.6 is 0 Å². The highest BCUT2D eigenvalue weighted by atomic mass is 28.4. The average Bonchev–Trinajstić information content (AvgIpc) is 2.79. The zero-order chi connectivity index (χ0) is 30.1. The number of benzene rings is 1. The lowest BCUT2D eigenvalue weighted by molar-refractivity contribution is -0.277. The highest BCUT2D eigenvalue weighted by Crippen LogP contribution is 2.45. The van der Waals surface area contributed by atoms with Gasteiger partial charge in [-0.05, 0) is 48.9 Å². The van der Waals surface area contributed by atoms with Crippen LogP contribution in [0, 0.1) is 5.41 Å². The third kappa shape index (κ3) is 6.56. The molecular formula is C29H41F3O6Si. The predicted molar refractivity (Wildman–Crippen MR) is 145 cm³/mol. The molecular weight excluding hydrogens is 529 g/mol. The lowest BCUT2D eigenvalue weighted by atomic mass is 9.64. The number of hydrogen-bond donors (Lipinski definition) is 1. The van der Waals surface area contributed by atoms with E-state index in [-0.39, 0.29) is 23.8 Å². The van der Waals surface area contributed by atoms with Crippen LogP contribution in [-0.2, 0) is 29.1 Å². The van der Waals surface area contributed by atoms with E-state index in [4.69, 9.17) is 13.9 Å². The van der Waals surface area contributed by atoms with Crippen LogP contribution in [0.4, 0.5) is 13.2 Å². The number of alkyl halides is 3. The number of ketones is 1. The zero-order valence-corrected chi connectivity index (χ0v) is 25.2. The summed E-state index contributed by atoms with van der Waals surface area (Å²) in [5.41, 5.74) is -5.95. The fourth-order valence-corrected chi connectivity index (χ4v) is 5.37. The van der Waals surface area contributed by atoms with Gasteiger partial charge in [0.25, 0.3) is 5.60 Å².